The highest BCUT2D eigenvalue weighted by molar-refractivity contribution is 5.87. The molecule has 0 bridgehead atoms. The van der Waals surface area contributed by atoms with Crippen LogP contribution < -0.4 is 0 Å². The molecule has 2 aliphatic rings. The Hall–Kier alpha value is -2.12. The number of carbonyl (C=O) groups excluding carboxylic acids is 1. The van der Waals surface area contributed by atoms with Gasteiger partial charge in [-0.2, -0.15) is 5.10 Å². The molecule has 2 aromatic heterocycles. The second-order valence-corrected chi connectivity index (χ2v) is 6.96. The summed E-state index contributed by atoms with van der Waals surface area (Å²) >= 11 is 0. The number of rotatable bonds is 4. The molecule has 26 heavy (non-hydrogen) atoms. The summed E-state index contributed by atoms with van der Waals surface area (Å²) in [6, 6.07) is 5.92. The van der Waals surface area contributed by atoms with Gasteiger partial charge in [0.1, 0.15) is 17.6 Å². The van der Waals surface area contributed by atoms with Gasteiger partial charge in [0.25, 0.3) is 0 Å². The fraction of sp³-hybridized carbons (Fsp3) is 0.579. The Morgan fingerprint density at radius 3 is 3.04 bits per heavy atom. The van der Waals surface area contributed by atoms with E-state index in [0.717, 1.165) is 69.3 Å². The number of hydrogen-bond acceptors (Lipinski definition) is 6. The van der Waals surface area contributed by atoms with Gasteiger partial charge in [0.15, 0.2) is 5.69 Å². The molecule has 0 N–H and O–H groups in total. The zero-order valence-corrected chi connectivity index (χ0v) is 15.1. The summed E-state index contributed by atoms with van der Waals surface area (Å²) in [6.45, 7) is 4.07. The minimum atomic E-state index is -0.389. The van der Waals surface area contributed by atoms with Gasteiger partial charge in [-0.1, -0.05) is 0 Å². The number of esters is 1. The molecule has 0 amide bonds. The van der Waals surface area contributed by atoms with Crippen molar-refractivity contribution in [3.05, 3.63) is 41.1 Å². The predicted octanol–water partition coefficient (Wildman–Crippen LogP) is 2.91. The molecule has 140 valence electrons. The van der Waals surface area contributed by atoms with E-state index in [2.05, 4.69) is 16.1 Å². The van der Waals surface area contributed by atoms with E-state index < -0.39 is 0 Å². The largest absolute Gasteiger partial charge is 0.464 e. The maximum Gasteiger partial charge on any atom is 0.358 e. The van der Waals surface area contributed by atoms with Gasteiger partial charge in [-0.15, -0.1) is 0 Å². The van der Waals surface area contributed by atoms with Crippen molar-refractivity contribution in [2.75, 3.05) is 20.3 Å². The summed E-state index contributed by atoms with van der Waals surface area (Å²) in [5, 5.41) is 4.36. The quantitative estimate of drug-likeness (QED) is 0.782. The molecule has 0 aromatic carbocycles. The Kier molecular flexibility index (Phi) is 5.08. The van der Waals surface area contributed by atoms with Crippen molar-refractivity contribution >= 4 is 5.97 Å². The van der Waals surface area contributed by atoms with E-state index in [1.807, 2.05) is 16.8 Å². The van der Waals surface area contributed by atoms with Crippen LogP contribution in [0, 0.1) is 0 Å². The van der Waals surface area contributed by atoms with E-state index >= 15 is 0 Å². The van der Waals surface area contributed by atoms with Gasteiger partial charge in [-0.25, -0.2) is 4.79 Å². The molecular formula is C19H25N3O4. The summed E-state index contributed by atoms with van der Waals surface area (Å²) in [5.74, 6) is 1.50. The van der Waals surface area contributed by atoms with Crippen molar-refractivity contribution in [1.82, 2.24) is 14.7 Å². The lowest BCUT2D eigenvalue weighted by Crippen LogP contribution is -2.22. The zero-order chi connectivity index (χ0) is 17.9. The third-order valence-corrected chi connectivity index (χ3v) is 5.05. The number of fused-ring (bicyclic) bond motifs is 1. The van der Waals surface area contributed by atoms with E-state index in [9.17, 15) is 4.79 Å². The minimum Gasteiger partial charge on any atom is -0.464 e. The smallest absolute Gasteiger partial charge is 0.358 e. The summed E-state index contributed by atoms with van der Waals surface area (Å²) in [4.78, 5) is 14.0. The van der Waals surface area contributed by atoms with Crippen LogP contribution in [0.3, 0.4) is 0 Å². The van der Waals surface area contributed by atoms with Gasteiger partial charge in [0.2, 0.25) is 0 Å². The number of aryl methyl sites for hydroxylation is 1. The van der Waals surface area contributed by atoms with Crippen molar-refractivity contribution in [2.45, 2.75) is 51.4 Å². The van der Waals surface area contributed by atoms with Gasteiger partial charge in [0, 0.05) is 26.2 Å². The lowest BCUT2D eigenvalue weighted by molar-refractivity contribution is 0.000823. The summed E-state index contributed by atoms with van der Waals surface area (Å²) in [7, 11) is 1.38. The Labute approximate surface area is 152 Å². The number of methoxy groups -OCH3 is 1. The van der Waals surface area contributed by atoms with Crippen LogP contribution in [0.1, 0.15) is 59.5 Å². The number of ether oxygens (including phenoxy) is 2. The van der Waals surface area contributed by atoms with Crippen LogP contribution in [0.2, 0.25) is 0 Å². The fourth-order valence-electron chi connectivity index (χ4n) is 3.71. The normalized spacial score (nSPS) is 21.2. The first kappa shape index (κ1) is 17.3. The van der Waals surface area contributed by atoms with Crippen molar-refractivity contribution in [1.29, 1.82) is 0 Å². The molecule has 0 unspecified atom stereocenters. The second kappa shape index (κ2) is 7.63. The lowest BCUT2D eigenvalue weighted by Gasteiger charge is -2.21. The van der Waals surface area contributed by atoms with Crippen LogP contribution in [0.4, 0.5) is 0 Å². The Bertz CT molecular complexity index is 761. The highest BCUT2D eigenvalue weighted by atomic mass is 16.5. The van der Waals surface area contributed by atoms with Crippen LogP contribution in [0.5, 0.6) is 0 Å². The number of hydrogen-bond donors (Lipinski definition) is 0. The molecule has 7 nitrogen and oxygen atoms in total. The molecular weight excluding hydrogens is 334 g/mol. The molecule has 1 fully saturated rings. The highest BCUT2D eigenvalue weighted by Gasteiger charge is 2.22. The van der Waals surface area contributed by atoms with E-state index in [-0.39, 0.29) is 12.1 Å². The van der Waals surface area contributed by atoms with E-state index in [1.54, 1.807) is 0 Å². The lowest BCUT2D eigenvalue weighted by atomic mass is 10.1. The number of carbonyl (C=O) groups is 1. The number of furan rings is 1. The number of nitrogens with zero attached hydrogens (tertiary/aromatic N) is 3. The number of aromatic nitrogens is 2. The van der Waals surface area contributed by atoms with Crippen molar-refractivity contribution in [3.63, 3.8) is 0 Å². The molecule has 4 rings (SSSR count). The monoisotopic (exact) mass is 359 g/mol. The molecule has 0 radical (unpaired) electrons. The molecule has 1 atom stereocenters. The van der Waals surface area contributed by atoms with Crippen molar-refractivity contribution < 1.29 is 18.7 Å². The van der Waals surface area contributed by atoms with Crippen molar-refractivity contribution in [3.8, 4) is 0 Å². The standard InChI is InChI=1S/C19H25N3O4/c1-24-19(23)16-11-14-12-21(8-4-9-22(14)20-16)13-15-6-7-18(26-15)17-5-2-3-10-25-17/h6-7,11,17H,2-5,8-10,12-13H2,1H3/t17-/m0/s1. The van der Waals surface area contributed by atoms with Gasteiger partial charge >= 0.3 is 5.97 Å². The maximum absolute atomic E-state index is 11.7. The molecule has 2 aliphatic heterocycles. The first-order chi connectivity index (χ1) is 12.7. The van der Waals surface area contributed by atoms with Crippen molar-refractivity contribution in [2.24, 2.45) is 0 Å². The molecule has 2 aromatic rings. The van der Waals surface area contributed by atoms with Crippen LogP contribution in [-0.4, -0.2) is 40.9 Å². The highest BCUT2D eigenvalue weighted by Crippen LogP contribution is 2.29. The molecule has 1 saturated heterocycles. The van der Waals surface area contributed by atoms with E-state index in [1.165, 1.54) is 13.5 Å². The molecule has 0 aliphatic carbocycles. The van der Waals surface area contributed by atoms with Gasteiger partial charge in [-0.05, 0) is 43.9 Å². The van der Waals surface area contributed by atoms with Crippen LogP contribution in [0.15, 0.2) is 22.6 Å². The Morgan fingerprint density at radius 2 is 2.23 bits per heavy atom. The van der Waals surface area contributed by atoms with E-state index in [4.69, 9.17) is 13.9 Å². The third kappa shape index (κ3) is 3.68. The van der Waals surface area contributed by atoms with Crippen LogP contribution >= 0.6 is 0 Å². The van der Waals surface area contributed by atoms with Crippen LogP contribution in [-0.2, 0) is 29.1 Å². The summed E-state index contributed by atoms with van der Waals surface area (Å²) in [5.41, 5.74) is 1.41. The topological polar surface area (TPSA) is 69.7 Å². The Morgan fingerprint density at radius 1 is 1.31 bits per heavy atom. The minimum absolute atomic E-state index is 0.102. The second-order valence-electron chi connectivity index (χ2n) is 6.96. The molecule has 4 heterocycles. The van der Waals surface area contributed by atoms with Gasteiger partial charge in [0.05, 0.1) is 19.3 Å². The zero-order valence-electron chi connectivity index (χ0n) is 15.1. The summed E-state index contributed by atoms with van der Waals surface area (Å²) < 4.78 is 18.5. The van der Waals surface area contributed by atoms with E-state index in [0.29, 0.717) is 5.69 Å². The molecule has 7 heteroatoms. The fourth-order valence-corrected chi connectivity index (χ4v) is 3.71. The van der Waals surface area contributed by atoms with Crippen LogP contribution in [0.25, 0.3) is 0 Å². The molecule has 0 spiro atoms. The SMILES string of the molecule is COC(=O)c1cc2n(n1)CCCN(Cc1ccc([C@@H]3CCCCO3)o1)C2. The Balaban J connectivity index is 1.43. The first-order valence-corrected chi connectivity index (χ1v) is 9.30. The predicted molar refractivity (Wildman–Crippen MR) is 93.5 cm³/mol. The molecule has 0 saturated carbocycles. The summed E-state index contributed by atoms with van der Waals surface area (Å²) in [6.07, 6.45) is 4.45. The van der Waals surface area contributed by atoms with Gasteiger partial charge < -0.3 is 13.9 Å². The third-order valence-electron chi connectivity index (χ3n) is 5.05. The maximum atomic E-state index is 11.7. The first-order valence-electron chi connectivity index (χ1n) is 9.30. The average Bonchev–Trinajstić information content (AvgIpc) is 3.25. The average molecular weight is 359 g/mol. The van der Waals surface area contributed by atoms with Gasteiger partial charge in [-0.3, -0.25) is 9.58 Å².